The third-order valence-electron chi connectivity index (χ3n) is 4.29. The van der Waals surface area contributed by atoms with E-state index in [9.17, 15) is 13.2 Å². The van der Waals surface area contributed by atoms with Gasteiger partial charge in [0.05, 0.1) is 5.69 Å². The van der Waals surface area contributed by atoms with Crippen molar-refractivity contribution >= 4 is 11.5 Å². The van der Waals surface area contributed by atoms with Crippen LogP contribution in [0.1, 0.15) is 32.2 Å². The van der Waals surface area contributed by atoms with Crippen molar-refractivity contribution in [3.63, 3.8) is 0 Å². The Labute approximate surface area is 139 Å². The zero-order valence-corrected chi connectivity index (χ0v) is 14.4. The molecule has 132 valence electrons. The number of alkyl halides is 3. The highest BCUT2D eigenvalue weighted by molar-refractivity contribution is 5.53. The molecule has 2 aromatic heterocycles. The first-order valence-electron chi connectivity index (χ1n) is 7.98. The average molecular weight is 341 g/mol. The Bertz CT molecular complexity index is 736. The largest absolute Gasteiger partial charge is 0.433 e. The molecule has 0 unspecified atom stereocenters. The second-order valence-electron chi connectivity index (χ2n) is 7.34. The molecule has 1 saturated heterocycles. The van der Waals surface area contributed by atoms with E-state index in [1.807, 2.05) is 32.7 Å². The van der Waals surface area contributed by atoms with Gasteiger partial charge in [0.25, 0.3) is 0 Å². The van der Waals surface area contributed by atoms with Crippen LogP contribution in [0.4, 0.5) is 19.0 Å². The summed E-state index contributed by atoms with van der Waals surface area (Å²) in [6, 6.07) is 2.76. The SMILES string of the molecule is CN1CCN(c2cc(C(F)(F)F)nc3cc(C(C)(C)C)nn23)CC1. The van der Waals surface area contributed by atoms with Crippen molar-refractivity contribution in [2.24, 2.45) is 0 Å². The highest BCUT2D eigenvalue weighted by atomic mass is 19.4. The van der Waals surface area contributed by atoms with Crippen molar-refractivity contribution < 1.29 is 13.2 Å². The standard InChI is InChI=1S/C16H22F3N5/c1-15(2,3)11-9-13-20-12(16(17,18)19)10-14(24(13)21-11)23-7-5-22(4)6-8-23/h9-10H,5-8H2,1-4H3. The van der Waals surface area contributed by atoms with Crippen LogP contribution in [0, 0.1) is 0 Å². The second-order valence-corrected chi connectivity index (χ2v) is 7.34. The van der Waals surface area contributed by atoms with E-state index in [2.05, 4.69) is 15.0 Å². The molecule has 2 aromatic rings. The van der Waals surface area contributed by atoms with E-state index >= 15 is 0 Å². The zero-order chi connectivity index (χ0) is 17.7. The number of aromatic nitrogens is 3. The van der Waals surface area contributed by atoms with Crippen molar-refractivity contribution in [3.8, 4) is 0 Å². The lowest BCUT2D eigenvalue weighted by Crippen LogP contribution is -2.45. The van der Waals surface area contributed by atoms with E-state index in [1.165, 1.54) is 0 Å². The van der Waals surface area contributed by atoms with E-state index in [4.69, 9.17) is 0 Å². The van der Waals surface area contributed by atoms with Crippen molar-refractivity contribution in [2.75, 3.05) is 38.1 Å². The van der Waals surface area contributed by atoms with Crippen molar-refractivity contribution in [3.05, 3.63) is 23.5 Å². The van der Waals surface area contributed by atoms with Gasteiger partial charge in [-0.25, -0.2) is 4.98 Å². The van der Waals surface area contributed by atoms with Gasteiger partial charge in [-0.15, -0.1) is 0 Å². The van der Waals surface area contributed by atoms with Crippen LogP contribution in [0.3, 0.4) is 0 Å². The number of nitrogens with zero attached hydrogens (tertiary/aromatic N) is 5. The van der Waals surface area contributed by atoms with E-state index in [0.29, 0.717) is 18.9 Å². The molecule has 0 atom stereocenters. The van der Waals surface area contributed by atoms with Crippen LogP contribution in [0.15, 0.2) is 12.1 Å². The summed E-state index contributed by atoms with van der Waals surface area (Å²) in [5.74, 6) is 0.455. The Morgan fingerprint density at radius 2 is 1.58 bits per heavy atom. The Morgan fingerprint density at radius 1 is 0.958 bits per heavy atom. The van der Waals surface area contributed by atoms with Gasteiger partial charge in [-0.05, 0) is 7.05 Å². The van der Waals surface area contributed by atoms with Gasteiger partial charge < -0.3 is 9.80 Å². The number of anilines is 1. The van der Waals surface area contributed by atoms with Gasteiger partial charge in [-0.2, -0.15) is 22.8 Å². The number of halogens is 3. The lowest BCUT2D eigenvalue weighted by Gasteiger charge is -2.34. The summed E-state index contributed by atoms with van der Waals surface area (Å²) in [6.07, 6.45) is -4.48. The fraction of sp³-hybridized carbons (Fsp3) is 0.625. The van der Waals surface area contributed by atoms with Gasteiger partial charge >= 0.3 is 6.18 Å². The number of hydrogen-bond acceptors (Lipinski definition) is 4. The van der Waals surface area contributed by atoms with Crippen LogP contribution >= 0.6 is 0 Å². The fourth-order valence-corrected chi connectivity index (χ4v) is 2.73. The summed E-state index contributed by atoms with van der Waals surface area (Å²) in [5.41, 5.74) is -0.163. The smallest absolute Gasteiger partial charge is 0.354 e. The molecule has 0 aliphatic carbocycles. The Kier molecular flexibility index (Phi) is 3.98. The quantitative estimate of drug-likeness (QED) is 0.799. The molecule has 0 N–H and O–H groups in total. The van der Waals surface area contributed by atoms with E-state index in [1.54, 1.807) is 10.6 Å². The molecule has 5 nitrogen and oxygen atoms in total. The van der Waals surface area contributed by atoms with Gasteiger partial charge in [0.15, 0.2) is 11.3 Å². The maximum atomic E-state index is 13.2. The van der Waals surface area contributed by atoms with Crippen LogP contribution < -0.4 is 4.90 Å². The van der Waals surface area contributed by atoms with Crippen molar-refractivity contribution in [2.45, 2.75) is 32.4 Å². The van der Waals surface area contributed by atoms with Gasteiger partial charge in [-0.3, -0.25) is 0 Å². The van der Waals surface area contributed by atoms with Crippen LogP contribution in [0.5, 0.6) is 0 Å². The fourth-order valence-electron chi connectivity index (χ4n) is 2.73. The summed E-state index contributed by atoms with van der Waals surface area (Å²) in [5, 5.41) is 4.53. The van der Waals surface area contributed by atoms with Gasteiger partial charge in [0.2, 0.25) is 0 Å². The van der Waals surface area contributed by atoms with E-state index in [0.717, 1.165) is 24.8 Å². The number of hydrogen-bond donors (Lipinski definition) is 0. The van der Waals surface area contributed by atoms with Gasteiger partial charge in [-0.1, -0.05) is 20.8 Å². The predicted octanol–water partition coefficient (Wildman–Crippen LogP) is 2.80. The summed E-state index contributed by atoms with van der Waals surface area (Å²) in [4.78, 5) is 7.89. The van der Waals surface area contributed by atoms with Crippen LogP contribution in [-0.2, 0) is 11.6 Å². The molecule has 0 saturated carbocycles. The molecule has 3 heterocycles. The second kappa shape index (κ2) is 5.61. The highest BCUT2D eigenvalue weighted by Gasteiger charge is 2.35. The molecule has 0 spiro atoms. The summed E-state index contributed by atoms with van der Waals surface area (Å²) >= 11 is 0. The Balaban J connectivity index is 2.15. The zero-order valence-electron chi connectivity index (χ0n) is 14.4. The molecule has 1 fully saturated rings. The Morgan fingerprint density at radius 3 is 2.12 bits per heavy atom. The molecular formula is C16H22F3N5. The van der Waals surface area contributed by atoms with E-state index < -0.39 is 11.9 Å². The van der Waals surface area contributed by atoms with Gasteiger partial charge in [0, 0.05) is 43.7 Å². The normalized spacial score (nSPS) is 17.7. The number of likely N-dealkylation sites (N-methyl/N-ethyl adjacent to an activating group) is 1. The monoisotopic (exact) mass is 341 g/mol. The molecule has 0 radical (unpaired) electrons. The molecule has 8 heteroatoms. The van der Waals surface area contributed by atoms with Crippen molar-refractivity contribution in [1.29, 1.82) is 0 Å². The number of piperazine rings is 1. The molecule has 1 aliphatic heterocycles. The maximum absolute atomic E-state index is 13.2. The summed E-state index contributed by atoms with van der Waals surface area (Å²) in [6.45, 7) is 8.88. The molecule has 0 aromatic carbocycles. The molecule has 0 amide bonds. The minimum absolute atomic E-state index is 0.240. The maximum Gasteiger partial charge on any atom is 0.433 e. The minimum atomic E-state index is -4.48. The molecule has 1 aliphatic rings. The van der Waals surface area contributed by atoms with Crippen LogP contribution in [0.25, 0.3) is 5.65 Å². The first kappa shape index (κ1) is 17.0. The third-order valence-corrected chi connectivity index (χ3v) is 4.29. The summed E-state index contributed by atoms with van der Waals surface area (Å²) < 4.78 is 41.3. The first-order valence-corrected chi connectivity index (χ1v) is 7.98. The Hall–Kier alpha value is -1.83. The predicted molar refractivity (Wildman–Crippen MR) is 86.4 cm³/mol. The third kappa shape index (κ3) is 3.19. The first-order chi connectivity index (χ1) is 11.1. The van der Waals surface area contributed by atoms with Crippen LogP contribution in [0.2, 0.25) is 0 Å². The highest BCUT2D eigenvalue weighted by Crippen LogP contribution is 2.32. The number of rotatable bonds is 1. The summed E-state index contributed by atoms with van der Waals surface area (Å²) in [7, 11) is 2.01. The molecule has 24 heavy (non-hydrogen) atoms. The lowest BCUT2D eigenvalue weighted by atomic mass is 9.93. The topological polar surface area (TPSA) is 36.7 Å². The molecule has 3 rings (SSSR count). The molecule has 0 bridgehead atoms. The van der Waals surface area contributed by atoms with Crippen LogP contribution in [-0.4, -0.2) is 52.7 Å². The minimum Gasteiger partial charge on any atom is -0.354 e. The van der Waals surface area contributed by atoms with Gasteiger partial charge in [0.1, 0.15) is 5.82 Å². The number of fused-ring (bicyclic) bond motifs is 1. The van der Waals surface area contributed by atoms with E-state index in [-0.39, 0.29) is 11.1 Å². The lowest BCUT2D eigenvalue weighted by molar-refractivity contribution is -0.141. The van der Waals surface area contributed by atoms with Crippen molar-refractivity contribution in [1.82, 2.24) is 19.5 Å². The average Bonchev–Trinajstić information content (AvgIpc) is 2.90. The molecular weight excluding hydrogens is 319 g/mol.